The smallest absolute Gasteiger partial charge is 0.0192 e. The van der Waals surface area contributed by atoms with Gasteiger partial charge in [0.25, 0.3) is 0 Å². The predicted octanol–water partition coefficient (Wildman–Crippen LogP) is 0.170. The van der Waals surface area contributed by atoms with Crippen LogP contribution in [0.25, 0.3) is 0 Å². The quantitative estimate of drug-likeness (QED) is 0.489. The molecule has 0 bridgehead atoms. The van der Waals surface area contributed by atoms with Crippen molar-refractivity contribution in [1.82, 2.24) is 5.73 Å². The van der Waals surface area contributed by atoms with Gasteiger partial charge in [-0.3, -0.25) is 5.73 Å². The standard InChI is InChI=1S/C4H10N2/c5-3-1-2-4-6/h3,6H,1-2,4-5H2. The second-order valence-electron chi connectivity index (χ2n) is 1.13. The van der Waals surface area contributed by atoms with Gasteiger partial charge in [0.15, 0.2) is 0 Å². The first-order valence-electron chi connectivity index (χ1n) is 2.10. The van der Waals surface area contributed by atoms with E-state index in [0.29, 0.717) is 6.54 Å². The first-order valence-corrected chi connectivity index (χ1v) is 2.10. The lowest BCUT2D eigenvalue weighted by Crippen LogP contribution is -1.92. The van der Waals surface area contributed by atoms with Gasteiger partial charge in [0, 0.05) is 13.1 Å². The van der Waals surface area contributed by atoms with Crippen molar-refractivity contribution in [2.24, 2.45) is 5.73 Å². The Balaban J connectivity index is 2.34. The second kappa shape index (κ2) is 4.92. The van der Waals surface area contributed by atoms with Crippen LogP contribution in [0.3, 0.4) is 0 Å². The van der Waals surface area contributed by atoms with Gasteiger partial charge in [0.2, 0.25) is 0 Å². The number of hydrogen-bond donors (Lipinski definition) is 1. The number of nitrogens with two attached hydrogens (primary N) is 1. The summed E-state index contributed by atoms with van der Waals surface area (Å²) < 4.78 is 0. The molecule has 6 heavy (non-hydrogen) atoms. The van der Waals surface area contributed by atoms with Gasteiger partial charge in [-0.1, -0.05) is 0 Å². The molecule has 0 unspecified atom stereocenters. The fourth-order valence-electron chi connectivity index (χ4n) is 0.220. The van der Waals surface area contributed by atoms with Crippen LogP contribution in [0.2, 0.25) is 0 Å². The summed E-state index contributed by atoms with van der Waals surface area (Å²) in [6, 6.07) is 0. The van der Waals surface area contributed by atoms with Crippen molar-refractivity contribution in [3.8, 4) is 0 Å². The van der Waals surface area contributed by atoms with E-state index in [0.717, 1.165) is 12.8 Å². The molecule has 0 aliphatic heterocycles. The van der Waals surface area contributed by atoms with E-state index in [4.69, 9.17) is 11.5 Å². The van der Waals surface area contributed by atoms with Crippen LogP contribution in [-0.4, -0.2) is 6.54 Å². The molecule has 36 valence electrons. The predicted molar refractivity (Wildman–Crippen MR) is 25.7 cm³/mol. The molecule has 0 aromatic heterocycles. The molecule has 0 aliphatic carbocycles. The van der Waals surface area contributed by atoms with E-state index < -0.39 is 0 Å². The Kier molecular flexibility index (Phi) is 4.85. The van der Waals surface area contributed by atoms with Crippen LogP contribution in [0.15, 0.2) is 0 Å². The molecule has 2 heteroatoms. The van der Waals surface area contributed by atoms with Crippen molar-refractivity contribution in [2.75, 3.05) is 6.54 Å². The van der Waals surface area contributed by atoms with Crippen molar-refractivity contribution in [3.05, 3.63) is 6.54 Å². The summed E-state index contributed by atoms with van der Waals surface area (Å²) in [5.41, 5.74) is 11.6. The SMILES string of the molecule is [NH]CCC[CH]N. The van der Waals surface area contributed by atoms with Crippen LogP contribution >= 0.6 is 0 Å². The van der Waals surface area contributed by atoms with Gasteiger partial charge in [0.05, 0.1) is 0 Å². The highest BCUT2D eigenvalue weighted by molar-refractivity contribution is 4.51. The Morgan fingerprint density at radius 3 is 2.50 bits per heavy atom. The molecule has 0 heterocycles. The summed E-state index contributed by atoms with van der Waals surface area (Å²) in [6.07, 6.45) is 1.78. The third kappa shape index (κ3) is 3.92. The maximum atomic E-state index is 6.63. The van der Waals surface area contributed by atoms with E-state index in [1.54, 1.807) is 6.54 Å². The van der Waals surface area contributed by atoms with Crippen LogP contribution < -0.4 is 11.5 Å². The van der Waals surface area contributed by atoms with E-state index in [9.17, 15) is 0 Å². The summed E-state index contributed by atoms with van der Waals surface area (Å²) in [7, 11) is 0. The van der Waals surface area contributed by atoms with E-state index in [1.165, 1.54) is 0 Å². The third-order valence-electron chi connectivity index (χ3n) is 0.548. The molecular formula is C4H10N2. The van der Waals surface area contributed by atoms with Crippen molar-refractivity contribution in [2.45, 2.75) is 12.8 Å². The molecule has 0 aliphatic rings. The Morgan fingerprint density at radius 2 is 2.33 bits per heavy atom. The number of hydrogen-bond acceptors (Lipinski definition) is 1. The van der Waals surface area contributed by atoms with Gasteiger partial charge in [-0.05, 0) is 12.8 Å². The monoisotopic (exact) mass is 86.1 g/mol. The molecular weight excluding hydrogens is 76.1 g/mol. The molecule has 2 nitrogen and oxygen atoms in total. The van der Waals surface area contributed by atoms with E-state index >= 15 is 0 Å². The molecule has 0 atom stereocenters. The fraction of sp³-hybridized carbons (Fsp3) is 0.750. The van der Waals surface area contributed by atoms with Gasteiger partial charge in [0.1, 0.15) is 0 Å². The zero-order chi connectivity index (χ0) is 4.83. The van der Waals surface area contributed by atoms with Crippen LogP contribution in [0.1, 0.15) is 12.8 Å². The molecule has 2 radical (unpaired) electrons. The zero-order valence-corrected chi connectivity index (χ0v) is 3.78. The Morgan fingerprint density at radius 1 is 1.67 bits per heavy atom. The van der Waals surface area contributed by atoms with Crippen LogP contribution in [0.5, 0.6) is 0 Å². The zero-order valence-electron chi connectivity index (χ0n) is 3.78. The largest absolute Gasteiger partial charge is 0.326 e. The van der Waals surface area contributed by atoms with Crippen molar-refractivity contribution in [1.29, 1.82) is 0 Å². The summed E-state index contributed by atoms with van der Waals surface area (Å²) in [5.74, 6) is 0. The van der Waals surface area contributed by atoms with Crippen LogP contribution in [-0.2, 0) is 0 Å². The lowest BCUT2D eigenvalue weighted by Gasteiger charge is -1.85. The van der Waals surface area contributed by atoms with Gasteiger partial charge in [-0.15, -0.1) is 0 Å². The lowest BCUT2D eigenvalue weighted by molar-refractivity contribution is 0.798. The molecule has 3 N–H and O–H groups in total. The number of unbranched alkanes of at least 4 members (excludes halogenated alkanes) is 1. The first-order chi connectivity index (χ1) is 2.91. The van der Waals surface area contributed by atoms with Crippen molar-refractivity contribution in [3.63, 3.8) is 0 Å². The summed E-state index contributed by atoms with van der Waals surface area (Å²) in [4.78, 5) is 0. The highest BCUT2D eigenvalue weighted by atomic mass is 14.5. The first kappa shape index (κ1) is 5.92. The second-order valence-corrected chi connectivity index (χ2v) is 1.13. The van der Waals surface area contributed by atoms with E-state index in [1.807, 2.05) is 0 Å². The van der Waals surface area contributed by atoms with Gasteiger partial charge < -0.3 is 5.73 Å². The minimum Gasteiger partial charge on any atom is -0.326 e. The molecule has 0 aromatic carbocycles. The van der Waals surface area contributed by atoms with Gasteiger partial charge >= 0.3 is 0 Å². The van der Waals surface area contributed by atoms with Gasteiger partial charge in [-0.2, -0.15) is 0 Å². The minimum atomic E-state index is 0.494. The third-order valence-corrected chi connectivity index (χ3v) is 0.548. The maximum Gasteiger partial charge on any atom is 0.0192 e. The summed E-state index contributed by atoms with van der Waals surface area (Å²) in [5, 5.41) is 0. The average Bonchev–Trinajstić information content (AvgIpc) is 1.61. The summed E-state index contributed by atoms with van der Waals surface area (Å²) >= 11 is 0. The lowest BCUT2D eigenvalue weighted by atomic mass is 10.3. The molecule has 0 saturated heterocycles. The Labute approximate surface area is 38.5 Å². The minimum absolute atomic E-state index is 0.494. The fourth-order valence-corrected chi connectivity index (χ4v) is 0.220. The normalized spacial score (nSPS) is 9.00. The Hall–Kier alpha value is -0.0800. The van der Waals surface area contributed by atoms with Crippen LogP contribution in [0, 0.1) is 6.54 Å². The number of nitrogens with one attached hydrogen (secondary N) is 1. The molecule has 0 aromatic rings. The molecule has 0 saturated carbocycles. The highest BCUT2D eigenvalue weighted by Gasteiger charge is 1.76. The van der Waals surface area contributed by atoms with E-state index in [2.05, 4.69) is 0 Å². The molecule has 0 amide bonds. The average molecular weight is 86.1 g/mol. The van der Waals surface area contributed by atoms with Crippen molar-refractivity contribution >= 4 is 0 Å². The summed E-state index contributed by atoms with van der Waals surface area (Å²) in [6.45, 7) is 2.09. The van der Waals surface area contributed by atoms with Gasteiger partial charge in [-0.25, -0.2) is 0 Å². The topological polar surface area (TPSA) is 49.8 Å². The highest BCUT2D eigenvalue weighted by Crippen LogP contribution is 1.82. The van der Waals surface area contributed by atoms with Crippen molar-refractivity contribution < 1.29 is 0 Å². The van der Waals surface area contributed by atoms with Crippen LogP contribution in [0.4, 0.5) is 0 Å². The molecule has 0 fully saturated rings. The van der Waals surface area contributed by atoms with E-state index in [-0.39, 0.29) is 0 Å². The molecule has 0 spiro atoms. The Bertz CT molecular complexity index is 17.5. The molecule has 0 rings (SSSR count). The number of rotatable bonds is 3. The maximum absolute atomic E-state index is 6.63.